The molecule has 0 amide bonds. The lowest BCUT2D eigenvalue weighted by Crippen LogP contribution is -2.38. The van der Waals surface area contributed by atoms with Crippen LogP contribution in [-0.4, -0.2) is 24.0 Å². The highest BCUT2D eigenvalue weighted by Gasteiger charge is 2.15. The second-order valence-corrected chi connectivity index (χ2v) is 6.77. The summed E-state index contributed by atoms with van der Waals surface area (Å²) in [4.78, 5) is 2.47. The fourth-order valence-corrected chi connectivity index (χ4v) is 2.17. The van der Waals surface area contributed by atoms with Gasteiger partial charge in [-0.2, -0.15) is 0 Å². The number of unbranched alkanes of at least 4 members (excludes halogenated alkanes) is 9. The van der Waals surface area contributed by atoms with Crippen LogP contribution in [0.3, 0.4) is 0 Å². The summed E-state index contributed by atoms with van der Waals surface area (Å²) in [6.45, 7) is 10.4. The van der Waals surface area contributed by atoms with Gasteiger partial charge in [0.15, 0.2) is 0 Å². The molecule has 0 spiro atoms. The van der Waals surface area contributed by atoms with Gasteiger partial charge in [-0.3, -0.25) is 0 Å². The monoisotopic (exact) mass is 255 g/mol. The normalized spacial score (nSPS) is 12.3. The zero-order valence-corrected chi connectivity index (χ0v) is 13.7. The lowest BCUT2D eigenvalue weighted by atomic mass is 10.0. The first-order valence-corrected chi connectivity index (χ1v) is 8.19. The van der Waals surface area contributed by atoms with Crippen LogP contribution >= 0.6 is 0 Å². The van der Waals surface area contributed by atoms with Crippen molar-refractivity contribution < 1.29 is 0 Å². The molecule has 0 fully saturated rings. The van der Waals surface area contributed by atoms with E-state index in [0.29, 0.717) is 5.54 Å². The highest BCUT2D eigenvalue weighted by Crippen LogP contribution is 2.13. The van der Waals surface area contributed by atoms with Crippen LogP contribution < -0.4 is 0 Å². The molecule has 0 aromatic heterocycles. The average molecular weight is 255 g/mol. The second kappa shape index (κ2) is 10.8. The fourth-order valence-electron chi connectivity index (χ4n) is 2.17. The molecule has 18 heavy (non-hydrogen) atoms. The minimum atomic E-state index is 0.333. The molecule has 0 unspecified atom stereocenters. The molecule has 0 saturated carbocycles. The third-order valence-corrected chi connectivity index (χ3v) is 3.99. The Morgan fingerprint density at radius 3 is 1.44 bits per heavy atom. The summed E-state index contributed by atoms with van der Waals surface area (Å²) in [6, 6.07) is 0. The van der Waals surface area contributed by atoms with E-state index in [9.17, 15) is 0 Å². The van der Waals surface area contributed by atoms with E-state index in [1.807, 2.05) is 0 Å². The Morgan fingerprint density at radius 1 is 0.667 bits per heavy atom. The summed E-state index contributed by atoms with van der Waals surface area (Å²) < 4.78 is 0. The lowest BCUT2D eigenvalue weighted by molar-refractivity contribution is 0.172. The maximum absolute atomic E-state index is 2.47. The van der Waals surface area contributed by atoms with Gasteiger partial charge in [-0.25, -0.2) is 0 Å². The molecule has 1 heteroatoms. The summed E-state index contributed by atoms with van der Waals surface area (Å²) in [5, 5.41) is 0. The maximum atomic E-state index is 2.47. The molecule has 0 aliphatic rings. The smallest absolute Gasteiger partial charge is 0.0122 e. The third kappa shape index (κ3) is 11.1. The summed E-state index contributed by atoms with van der Waals surface area (Å²) >= 11 is 0. The van der Waals surface area contributed by atoms with Crippen LogP contribution in [0.15, 0.2) is 0 Å². The molecule has 0 N–H and O–H groups in total. The number of rotatable bonds is 11. The van der Waals surface area contributed by atoms with Gasteiger partial charge in [-0.05, 0) is 40.8 Å². The second-order valence-electron chi connectivity index (χ2n) is 6.77. The van der Waals surface area contributed by atoms with Crippen molar-refractivity contribution in [1.82, 2.24) is 4.90 Å². The molecule has 0 aliphatic heterocycles. The van der Waals surface area contributed by atoms with Gasteiger partial charge >= 0.3 is 0 Å². The predicted octanol–water partition coefficient (Wildman–Crippen LogP) is 5.64. The summed E-state index contributed by atoms with van der Waals surface area (Å²) in [7, 11) is 2.24. The van der Waals surface area contributed by atoms with Gasteiger partial charge in [0.1, 0.15) is 0 Å². The summed E-state index contributed by atoms with van der Waals surface area (Å²) in [6.07, 6.45) is 14.3. The standard InChI is InChI=1S/C17H37N/c1-6-7-8-9-10-11-12-13-14-15-16-18(5)17(2,3)4/h6-16H2,1-5H3. The van der Waals surface area contributed by atoms with Crippen molar-refractivity contribution in [2.45, 2.75) is 97.4 Å². The molecule has 0 aromatic rings. The molecule has 0 radical (unpaired) electrons. The van der Waals surface area contributed by atoms with E-state index in [1.54, 1.807) is 0 Å². The van der Waals surface area contributed by atoms with Crippen LogP contribution in [0, 0.1) is 0 Å². The maximum Gasteiger partial charge on any atom is 0.0122 e. The molecular formula is C17H37N. The first kappa shape index (κ1) is 18.0. The third-order valence-electron chi connectivity index (χ3n) is 3.99. The Hall–Kier alpha value is -0.0400. The van der Waals surface area contributed by atoms with E-state index in [4.69, 9.17) is 0 Å². The first-order chi connectivity index (χ1) is 8.48. The predicted molar refractivity (Wildman–Crippen MR) is 84.2 cm³/mol. The van der Waals surface area contributed by atoms with Gasteiger partial charge in [-0.1, -0.05) is 64.7 Å². The Morgan fingerprint density at radius 2 is 1.06 bits per heavy atom. The van der Waals surface area contributed by atoms with Crippen LogP contribution in [0.25, 0.3) is 0 Å². The topological polar surface area (TPSA) is 3.24 Å². The molecule has 1 nitrogen and oxygen atoms in total. The summed E-state index contributed by atoms with van der Waals surface area (Å²) in [5.41, 5.74) is 0.333. The molecule has 0 rings (SSSR count). The van der Waals surface area contributed by atoms with Gasteiger partial charge < -0.3 is 4.90 Å². The van der Waals surface area contributed by atoms with Crippen LogP contribution in [0.1, 0.15) is 91.9 Å². The van der Waals surface area contributed by atoms with Gasteiger partial charge in [0, 0.05) is 5.54 Å². The van der Waals surface area contributed by atoms with Crippen molar-refractivity contribution in [3.63, 3.8) is 0 Å². The van der Waals surface area contributed by atoms with E-state index in [2.05, 4.69) is 39.6 Å². The Bertz CT molecular complexity index is 169. The summed E-state index contributed by atoms with van der Waals surface area (Å²) in [5.74, 6) is 0. The van der Waals surface area contributed by atoms with Gasteiger partial charge in [-0.15, -0.1) is 0 Å². The van der Waals surface area contributed by atoms with Crippen molar-refractivity contribution in [1.29, 1.82) is 0 Å². The van der Waals surface area contributed by atoms with Gasteiger partial charge in [0.2, 0.25) is 0 Å². The average Bonchev–Trinajstić information content (AvgIpc) is 2.30. The van der Waals surface area contributed by atoms with Crippen LogP contribution in [0.2, 0.25) is 0 Å². The molecule has 110 valence electrons. The zero-order valence-electron chi connectivity index (χ0n) is 13.7. The number of hydrogen-bond donors (Lipinski definition) is 0. The number of nitrogens with zero attached hydrogens (tertiary/aromatic N) is 1. The van der Waals surface area contributed by atoms with Crippen molar-refractivity contribution >= 4 is 0 Å². The minimum Gasteiger partial charge on any atom is -0.302 e. The van der Waals surface area contributed by atoms with Crippen LogP contribution in [0.5, 0.6) is 0 Å². The molecular weight excluding hydrogens is 218 g/mol. The molecule has 0 atom stereocenters. The first-order valence-electron chi connectivity index (χ1n) is 8.19. The number of hydrogen-bond acceptors (Lipinski definition) is 1. The van der Waals surface area contributed by atoms with E-state index < -0.39 is 0 Å². The Balaban J connectivity index is 3.17. The van der Waals surface area contributed by atoms with Crippen LogP contribution in [-0.2, 0) is 0 Å². The minimum absolute atomic E-state index is 0.333. The molecule has 0 heterocycles. The fraction of sp³-hybridized carbons (Fsp3) is 1.00. The highest BCUT2D eigenvalue weighted by molar-refractivity contribution is 4.72. The van der Waals surface area contributed by atoms with E-state index in [1.165, 1.54) is 70.8 Å². The van der Waals surface area contributed by atoms with Crippen molar-refractivity contribution in [3.8, 4) is 0 Å². The SMILES string of the molecule is CCCCCCCCCCCCN(C)C(C)(C)C. The van der Waals surface area contributed by atoms with E-state index >= 15 is 0 Å². The quantitative estimate of drug-likeness (QED) is 0.432. The van der Waals surface area contributed by atoms with Crippen molar-refractivity contribution in [3.05, 3.63) is 0 Å². The molecule has 0 aliphatic carbocycles. The van der Waals surface area contributed by atoms with Crippen LogP contribution in [0.4, 0.5) is 0 Å². The molecule has 0 bridgehead atoms. The van der Waals surface area contributed by atoms with E-state index in [-0.39, 0.29) is 0 Å². The largest absolute Gasteiger partial charge is 0.302 e. The molecule has 0 saturated heterocycles. The van der Waals surface area contributed by atoms with Gasteiger partial charge in [0.05, 0.1) is 0 Å². The van der Waals surface area contributed by atoms with Crippen molar-refractivity contribution in [2.75, 3.05) is 13.6 Å². The lowest BCUT2D eigenvalue weighted by Gasteiger charge is -2.31. The van der Waals surface area contributed by atoms with E-state index in [0.717, 1.165) is 0 Å². The zero-order chi connectivity index (χ0) is 13.9. The van der Waals surface area contributed by atoms with Gasteiger partial charge in [0.25, 0.3) is 0 Å². The Labute approximate surface area is 116 Å². The van der Waals surface area contributed by atoms with Crippen molar-refractivity contribution in [2.24, 2.45) is 0 Å². The molecule has 0 aromatic carbocycles. The highest BCUT2D eigenvalue weighted by atomic mass is 15.1. The Kier molecular flexibility index (Phi) is 10.8.